The van der Waals surface area contributed by atoms with Crippen LogP contribution in [0.25, 0.3) is 0 Å². The minimum Gasteiger partial charge on any atom is -0.200 e. The van der Waals surface area contributed by atoms with Crippen molar-refractivity contribution in [2.45, 2.75) is 55.2 Å². The highest BCUT2D eigenvalue weighted by Crippen LogP contribution is 2.44. The molecule has 21 heavy (non-hydrogen) atoms. The van der Waals surface area contributed by atoms with Gasteiger partial charge >= 0.3 is 0 Å². The normalized spacial score (nSPS) is 11.4. The molecular formula is C20H28S. The maximum atomic E-state index is 2.30. The molecule has 0 saturated heterocycles. The van der Waals surface area contributed by atoms with Gasteiger partial charge in [-0.2, -0.15) is 0 Å². The zero-order chi connectivity index (χ0) is 14.8. The second kappa shape index (κ2) is 9.68. The molecule has 2 aromatic rings. The quantitative estimate of drug-likeness (QED) is 0.398. The third-order valence-electron chi connectivity index (χ3n) is 3.87. The molecule has 0 bridgehead atoms. The Hall–Kier alpha value is -1.21. The molecule has 0 heterocycles. The van der Waals surface area contributed by atoms with E-state index >= 15 is 0 Å². The molecule has 0 aliphatic carbocycles. The monoisotopic (exact) mass is 300 g/mol. The molecule has 0 aliphatic heterocycles. The summed E-state index contributed by atoms with van der Waals surface area (Å²) in [6.45, 7) is 2.28. The van der Waals surface area contributed by atoms with Gasteiger partial charge in [-0.05, 0) is 22.0 Å². The third kappa shape index (κ3) is 5.59. The molecule has 1 heteroatoms. The van der Waals surface area contributed by atoms with Crippen LogP contribution in [0.5, 0.6) is 0 Å². The molecule has 0 saturated carbocycles. The van der Waals surface area contributed by atoms with Crippen LogP contribution in [0.1, 0.15) is 45.4 Å². The molecule has 2 rings (SSSR count). The highest BCUT2D eigenvalue weighted by Gasteiger charge is 2.08. The van der Waals surface area contributed by atoms with E-state index in [1.807, 2.05) is 0 Å². The van der Waals surface area contributed by atoms with Gasteiger partial charge in [0, 0.05) is 0 Å². The number of hydrogen-bond acceptors (Lipinski definition) is 0. The lowest BCUT2D eigenvalue weighted by atomic mass is 10.1. The highest BCUT2D eigenvalue weighted by molar-refractivity contribution is 8.17. The predicted molar refractivity (Wildman–Crippen MR) is 96.6 cm³/mol. The van der Waals surface area contributed by atoms with E-state index < -0.39 is 0 Å². The smallest absolute Gasteiger partial charge is 0.00855 e. The summed E-state index contributed by atoms with van der Waals surface area (Å²) in [5.74, 6) is 1.33. The van der Waals surface area contributed by atoms with Crippen LogP contribution in [0, 0.1) is 0 Å². The van der Waals surface area contributed by atoms with E-state index in [4.69, 9.17) is 0 Å². The average Bonchev–Trinajstić information content (AvgIpc) is 2.56. The van der Waals surface area contributed by atoms with Gasteiger partial charge in [0.2, 0.25) is 0 Å². The Balaban J connectivity index is 1.94. The Kier molecular flexibility index (Phi) is 7.45. The zero-order valence-corrected chi connectivity index (χ0v) is 14.1. The van der Waals surface area contributed by atoms with Crippen molar-refractivity contribution in [1.29, 1.82) is 0 Å². The molecule has 0 amide bonds. The SMILES string of the molecule is CCCCCCCC[SH](c1ccccc1)c1ccccc1. The topological polar surface area (TPSA) is 0 Å². The van der Waals surface area contributed by atoms with E-state index in [0.717, 1.165) is 0 Å². The Morgan fingerprint density at radius 1 is 0.619 bits per heavy atom. The standard InChI is InChI=1S/C20H28S/c1-2-3-4-5-6-13-18-21(19-14-9-7-10-15-19)20-16-11-8-12-17-20/h7-12,14-17,21H,2-6,13,18H2,1H3. The van der Waals surface area contributed by atoms with E-state index in [-0.39, 0.29) is 10.9 Å². The lowest BCUT2D eigenvalue weighted by Gasteiger charge is -2.22. The summed E-state index contributed by atoms with van der Waals surface area (Å²) in [5, 5.41) is 0. The van der Waals surface area contributed by atoms with Gasteiger partial charge in [-0.15, -0.1) is 0 Å². The second-order valence-corrected chi connectivity index (χ2v) is 7.93. The van der Waals surface area contributed by atoms with Gasteiger partial charge < -0.3 is 0 Å². The van der Waals surface area contributed by atoms with Crippen molar-refractivity contribution >= 4 is 10.9 Å². The molecule has 0 spiro atoms. The van der Waals surface area contributed by atoms with E-state index in [1.165, 1.54) is 54.1 Å². The van der Waals surface area contributed by atoms with Crippen LogP contribution in [-0.4, -0.2) is 5.75 Å². The predicted octanol–water partition coefficient (Wildman–Crippen LogP) is 6.47. The first-order valence-corrected chi connectivity index (χ1v) is 9.82. The van der Waals surface area contributed by atoms with Crippen LogP contribution >= 0.6 is 10.9 Å². The second-order valence-electron chi connectivity index (χ2n) is 5.59. The molecule has 0 nitrogen and oxygen atoms in total. The van der Waals surface area contributed by atoms with Gasteiger partial charge in [0.15, 0.2) is 0 Å². The molecule has 0 atom stereocenters. The third-order valence-corrected chi connectivity index (χ3v) is 6.48. The summed E-state index contributed by atoms with van der Waals surface area (Å²) >= 11 is 0. The number of hydrogen-bond donors (Lipinski definition) is 1. The number of unbranched alkanes of at least 4 members (excludes halogenated alkanes) is 5. The first-order chi connectivity index (χ1) is 10.4. The number of benzene rings is 2. The van der Waals surface area contributed by atoms with Gasteiger partial charge in [-0.1, -0.05) is 99.7 Å². The minimum absolute atomic E-state index is 0.175. The summed E-state index contributed by atoms with van der Waals surface area (Å²) in [6, 6.07) is 22.1. The van der Waals surface area contributed by atoms with Gasteiger partial charge in [0.25, 0.3) is 0 Å². The molecule has 2 aromatic carbocycles. The maximum Gasteiger partial charge on any atom is -0.00855 e. The Morgan fingerprint density at radius 2 is 1.10 bits per heavy atom. The maximum absolute atomic E-state index is 2.30. The number of thiol groups is 1. The van der Waals surface area contributed by atoms with Crippen LogP contribution in [0.4, 0.5) is 0 Å². The van der Waals surface area contributed by atoms with Crippen molar-refractivity contribution in [2.24, 2.45) is 0 Å². The molecule has 0 N–H and O–H groups in total. The van der Waals surface area contributed by atoms with Crippen molar-refractivity contribution in [3.63, 3.8) is 0 Å². The molecular weight excluding hydrogens is 272 g/mol. The summed E-state index contributed by atoms with van der Waals surface area (Å²) in [6.07, 6.45) is 8.29. The molecule has 0 unspecified atom stereocenters. The van der Waals surface area contributed by atoms with Crippen molar-refractivity contribution < 1.29 is 0 Å². The van der Waals surface area contributed by atoms with Crippen LogP contribution in [0.3, 0.4) is 0 Å². The van der Waals surface area contributed by atoms with E-state index in [0.29, 0.717) is 0 Å². The number of rotatable bonds is 9. The van der Waals surface area contributed by atoms with Gasteiger partial charge in [-0.3, -0.25) is 0 Å². The van der Waals surface area contributed by atoms with Crippen LogP contribution in [0.2, 0.25) is 0 Å². The van der Waals surface area contributed by atoms with E-state index in [9.17, 15) is 0 Å². The summed E-state index contributed by atoms with van der Waals surface area (Å²) in [5.41, 5.74) is 0. The summed E-state index contributed by atoms with van der Waals surface area (Å²) in [7, 11) is -0.175. The van der Waals surface area contributed by atoms with E-state index in [1.54, 1.807) is 0 Å². The minimum atomic E-state index is -0.175. The van der Waals surface area contributed by atoms with Gasteiger partial charge in [0.1, 0.15) is 0 Å². The lowest BCUT2D eigenvalue weighted by molar-refractivity contribution is 0.626. The summed E-state index contributed by atoms with van der Waals surface area (Å²) in [4.78, 5) is 3.04. The van der Waals surface area contributed by atoms with Gasteiger partial charge in [-0.25, -0.2) is 10.9 Å². The van der Waals surface area contributed by atoms with Gasteiger partial charge in [0.05, 0.1) is 0 Å². The molecule has 0 aliphatic rings. The molecule has 0 aromatic heterocycles. The van der Waals surface area contributed by atoms with E-state index in [2.05, 4.69) is 67.6 Å². The molecule has 114 valence electrons. The first kappa shape index (κ1) is 16.2. The summed E-state index contributed by atoms with van der Waals surface area (Å²) < 4.78 is 0. The van der Waals surface area contributed by atoms with Crippen molar-refractivity contribution in [3.8, 4) is 0 Å². The van der Waals surface area contributed by atoms with Crippen molar-refractivity contribution in [3.05, 3.63) is 60.7 Å². The average molecular weight is 301 g/mol. The van der Waals surface area contributed by atoms with Crippen LogP contribution in [0.15, 0.2) is 70.5 Å². The molecule has 0 fully saturated rings. The fourth-order valence-corrected chi connectivity index (χ4v) is 5.09. The Bertz CT molecular complexity index is 438. The largest absolute Gasteiger partial charge is 0.200 e. The fraction of sp³-hybridized carbons (Fsp3) is 0.400. The first-order valence-electron chi connectivity index (χ1n) is 8.29. The highest BCUT2D eigenvalue weighted by atomic mass is 32.2. The van der Waals surface area contributed by atoms with Crippen LogP contribution < -0.4 is 0 Å². The van der Waals surface area contributed by atoms with Crippen molar-refractivity contribution in [2.75, 3.05) is 5.75 Å². The Morgan fingerprint density at radius 3 is 1.62 bits per heavy atom. The van der Waals surface area contributed by atoms with Crippen LogP contribution in [-0.2, 0) is 0 Å². The lowest BCUT2D eigenvalue weighted by Crippen LogP contribution is -1.93. The Labute approximate surface area is 132 Å². The van der Waals surface area contributed by atoms with Crippen molar-refractivity contribution in [1.82, 2.24) is 0 Å². The zero-order valence-electron chi connectivity index (χ0n) is 13.2. The molecule has 0 radical (unpaired) electrons. The fourth-order valence-electron chi connectivity index (χ4n) is 2.67.